The Bertz CT molecular complexity index is 240. The third-order valence-electron chi connectivity index (χ3n) is 3.42. The van der Waals surface area contributed by atoms with Crippen LogP contribution in [0.4, 0.5) is 0 Å². The monoisotopic (exact) mass is 238 g/mol. The SMILES string of the molecule is COC(=O)C(N[B]C=O)C1CCCCCCC1. The van der Waals surface area contributed by atoms with E-state index in [1.54, 1.807) is 0 Å². The van der Waals surface area contributed by atoms with Gasteiger partial charge in [-0.3, -0.25) is 4.79 Å². The van der Waals surface area contributed by atoms with E-state index < -0.39 is 0 Å². The number of carbonyl (C=O) groups excluding carboxylic acids is 2. The molecule has 0 aromatic rings. The normalized spacial score (nSPS) is 19.8. The third-order valence-corrected chi connectivity index (χ3v) is 3.42. The van der Waals surface area contributed by atoms with Gasteiger partial charge in [-0.25, -0.2) is 0 Å². The number of nitrogens with one attached hydrogen (secondary N) is 1. The van der Waals surface area contributed by atoms with Crippen LogP contribution in [0, 0.1) is 5.92 Å². The van der Waals surface area contributed by atoms with Crippen LogP contribution in [0.1, 0.15) is 44.9 Å². The Morgan fingerprint density at radius 3 is 2.41 bits per heavy atom. The third kappa shape index (κ3) is 4.90. The summed E-state index contributed by atoms with van der Waals surface area (Å²) in [6.07, 6.45) is 8.80. The number of rotatable bonds is 5. The van der Waals surface area contributed by atoms with Gasteiger partial charge in [-0.15, -0.1) is 0 Å². The molecule has 1 saturated carbocycles. The van der Waals surface area contributed by atoms with Crippen molar-refractivity contribution in [3.8, 4) is 0 Å². The zero-order valence-corrected chi connectivity index (χ0v) is 10.5. The lowest BCUT2D eigenvalue weighted by molar-refractivity contribution is -0.144. The summed E-state index contributed by atoms with van der Waals surface area (Å²) in [5.41, 5.74) is 0. The van der Waals surface area contributed by atoms with Crippen LogP contribution in [0.3, 0.4) is 0 Å². The molecule has 0 bridgehead atoms. The Balaban J connectivity index is 2.57. The van der Waals surface area contributed by atoms with E-state index in [4.69, 9.17) is 4.74 Å². The molecule has 0 saturated heterocycles. The maximum absolute atomic E-state index is 11.7. The molecule has 1 rings (SSSR count). The summed E-state index contributed by atoms with van der Waals surface area (Å²) >= 11 is 0. The van der Waals surface area contributed by atoms with Gasteiger partial charge in [0, 0.05) is 0 Å². The van der Waals surface area contributed by atoms with E-state index in [1.165, 1.54) is 33.8 Å². The van der Waals surface area contributed by atoms with Crippen LogP contribution in [0.2, 0.25) is 0 Å². The molecule has 17 heavy (non-hydrogen) atoms. The minimum atomic E-state index is -0.372. The lowest BCUT2D eigenvalue weighted by Gasteiger charge is -2.27. The highest BCUT2D eigenvalue weighted by Gasteiger charge is 2.28. The summed E-state index contributed by atoms with van der Waals surface area (Å²) in [7, 11) is 2.68. The van der Waals surface area contributed by atoms with Crippen LogP contribution >= 0.6 is 0 Å². The Labute approximate surface area is 104 Å². The van der Waals surface area contributed by atoms with E-state index >= 15 is 0 Å². The first-order chi connectivity index (χ1) is 8.29. The van der Waals surface area contributed by atoms with Gasteiger partial charge in [-0.1, -0.05) is 32.1 Å². The Hall–Kier alpha value is -0.835. The highest BCUT2D eigenvalue weighted by atomic mass is 16.5. The fraction of sp³-hybridized carbons (Fsp3) is 0.833. The Kier molecular flexibility index (Phi) is 6.93. The predicted octanol–water partition coefficient (Wildman–Crippen LogP) is 1.29. The molecule has 0 aromatic carbocycles. The molecule has 95 valence electrons. The van der Waals surface area contributed by atoms with Crippen molar-refractivity contribution in [1.82, 2.24) is 5.23 Å². The molecular formula is C12H21BNO3. The number of methoxy groups -OCH3 is 1. The first-order valence-corrected chi connectivity index (χ1v) is 6.40. The molecule has 1 aliphatic carbocycles. The molecule has 0 spiro atoms. The van der Waals surface area contributed by atoms with E-state index in [0.29, 0.717) is 6.19 Å². The standard InChI is InChI=1S/C12H21BNO3/c1-17-12(16)11(14-13-9-15)10-7-5-3-2-4-6-8-10/h9-11,14H,2-8H2,1H3. The highest BCUT2D eigenvalue weighted by molar-refractivity contribution is 6.64. The fourth-order valence-corrected chi connectivity index (χ4v) is 2.49. The van der Waals surface area contributed by atoms with Gasteiger partial charge in [-0.2, -0.15) is 0 Å². The molecule has 1 fully saturated rings. The highest BCUT2D eigenvalue weighted by Crippen LogP contribution is 2.25. The number of hydrogen-bond donors (Lipinski definition) is 1. The van der Waals surface area contributed by atoms with Crippen molar-refractivity contribution in [2.75, 3.05) is 7.11 Å². The quantitative estimate of drug-likeness (QED) is 0.445. The fourth-order valence-electron chi connectivity index (χ4n) is 2.49. The van der Waals surface area contributed by atoms with E-state index in [0.717, 1.165) is 25.7 Å². The van der Waals surface area contributed by atoms with E-state index in [-0.39, 0.29) is 17.9 Å². The number of esters is 1. The van der Waals surface area contributed by atoms with Crippen molar-refractivity contribution in [1.29, 1.82) is 0 Å². The molecule has 0 heterocycles. The number of ether oxygens (including phenoxy) is 1. The summed E-state index contributed by atoms with van der Waals surface area (Å²) in [6, 6.07) is -0.372. The summed E-state index contributed by atoms with van der Waals surface area (Å²) in [5, 5.41) is 2.87. The van der Waals surface area contributed by atoms with Gasteiger partial charge in [0.2, 0.25) is 0 Å². The lowest BCUT2D eigenvalue weighted by Crippen LogP contribution is -2.46. The van der Waals surface area contributed by atoms with E-state index in [1.807, 2.05) is 0 Å². The minimum Gasteiger partial charge on any atom is -0.468 e. The summed E-state index contributed by atoms with van der Waals surface area (Å²) in [5.74, 6) is 0.00706. The van der Waals surface area contributed by atoms with Crippen molar-refractivity contribution in [3.05, 3.63) is 0 Å². The van der Waals surface area contributed by atoms with Crippen LogP contribution in [0.5, 0.6) is 0 Å². The van der Waals surface area contributed by atoms with Gasteiger partial charge in [-0.05, 0) is 18.8 Å². The Morgan fingerprint density at radius 1 is 1.29 bits per heavy atom. The summed E-state index contributed by atoms with van der Waals surface area (Å²) < 4.78 is 4.80. The topological polar surface area (TPSA) is 55.4 Å². The van der Waals surface area contributed by atoms with Gasteiger partial charge < -0.3 is 14.8 Å². The Morgan fingerprint density at radius 2 is 1.88 bits per heavy atom. The van der Waals surface area contributed by atoms with Crippen LogP contribution in [0.15, 0.2) is 0 Å². The summed E-state index contributed by atoms with van der Waals surface area (Å²) in [6.45, 7) is 0. The van der Waals surface area contributed by atoms with Crippen molar-refractivity contribution < 1.29 is 14.3 Å². The van der Waals surface area contributed by atoms with E-state index in [2.05, 4.69) is 5.23 Å². The molecule has 1 aliphatic rings. The van der Waals surface area contributed by atoms with E-state index in [9.17, 15) is 9.59 Å². The first-order valence-electron chi connectivity index (χ1n) is 6.40. The van der Waals surface area contributed by atoms with Gasteiger partial charge in [0.1, 0.15) is 0 Å². The van der Waals surface area contributed by atoms with Gasteiger partial charge in [0.25, 0.3) is 7.41 Å². The predicted molar refractivity (Wildman–Crippen MR) is 67.3 cm³/mol. The second-order valence-corrected chi connectivity index (χ2v) is 4.58. The zero-order valence-electron chi connectivity index (χ0n) is 10.5. The molecule has 4 nitrogen and oxygen atoms in total. The van der Waals surface area contributed by atoms with Crippen molar-refractivity contribution in [3.63, 3.8) is 0 Å². The average molecular weight is 238 g/mol. The molecule has 1 unspecified atom stereocenters. The lowest BCUT2D eigenvalue weighted by atomic mass is 9.83. The van der Waals surface area contributed by atoms with Crippen molar-refractivity contribution in [2.45, 2.75) is 51.0 Å². The zero-order chi connectivity index (χ0) is 12.5. The molecule has 1 radical (unpaired) electrons. The molecule has 0 aromatic heterocycles. The second kappa shape index (κ2) is 8.28. The van der Waals surface area contributed by atoms with Crippen molar-refractivity contribution >= 4 is 19.6 Å². The van der Waals surface area contributed by atoms with Crippen molar-refractivity contribution in [2.24, 2.45) is 5.92 Å². The van der Waals surface area contributed by atoms with Gasteiger partial charge in [0.15, 0.2) is 0 Å². The van der Waals surface area contributed by atoms with Gasteiger partial charge in [0.05, 0.1) is 19.3 Å². The molecule has 5 heteroatoms. The van der Waals surface area contributed by atoms with Crippen LogP contribution in [0.25, 0.3) is 0 Å². The largest absolute Gasteiger partial charge is 0.468 e. The maximum atomic E-state index is 11.7. The van der Waals surface area contributed by atoms with Crippen LogP contribution in [-0.4, -0.2) is 32.7 Å². The molecule has 1 atom stereocenters. The second-order valence-electron chi connectivity index (χ2n) is 4.58. The number of carbonyl (C=O) groups is 2. The van der Waals surface area contributed by atoms with Crippen LogP contribution < -0.4 is 5.23 Å². The first kappa shape index (κ1) is 14.2. The van der Waals surface area contributed by atoms with Gasteiger partial charge >= 0.3 is 5.97 Å². The smallest absolute Gasteiger partial charge is 0.322 e. The summed E-state index contributed by atoms with van der Waals surface area (Å²) in [4.78, 5) is 22.1. The molecule has 1 N–H and O–H groups in total. The van der Waals surface area contributed by atoms with Crippen LogP contribution in [-0.2, 0) is 14.3 Å². The average Bonchev–Trinajstić information content (AvgIpc) is 2.30. The molecule has 0 amide bonds. The molecular weight excluding hydrogens is 217 g/mol. The number of hydrogen-bond acceptors (Lipinski definition) is 4. The minimum absolute atomic E-state index is 0.270. The molecule has 0 aliphatic heterocycles. The maximum Gasteiger partial charge on any atom is 0.322 e.